The number of carbonyl (C=O) groups excluding carboxylic acids is 1. The minimum atomic E-state index is -3.23. The molecule has 0 radical (unpaired) electrons. The molecule has 1 aliphatic rings. The predicted octanol–water partition coefficient (Wildman–Crippen LogP) is 4.91. The molecule has 9 heteroatoms. The third-order valence-electron chi connectivity index (χ3n) is 7.00. The third-order valence-corrected chi connectivity index (χ3v) is 7.00. The number of aliphatic imine (C=N–C) groups is 1. The smallest absolute Gasteiger partial charge is 0.398 e. The maximum absolute atomic E-state index is 14.0. The summed E-state index contributed by atoms with van der Waals surface area (Å²) >= 11 is 0. The van der Waals surface area contributed by atoms with Gasteiger partial charge in [0, 0.05) is 50.1 Å². The van der Waals surface area contributed by atoms with E-state index < -0.39 is 12.2 Å². The van der Waals surface area contributed by atoms with E-state index in [4.69, 9.17) is 21.2 Å². The van der Waals surface area contributed by atoms with Crippen molar-refractivity contribution < 1.29 is 18.3 Å². The van der Waals surface area contributed by atoms with E-state index in [9.17, 15) is 13.6 Å². The molecule has 0 saturated heterocycles. The van der Waals surface area contributed by atoms with Gasteiger partial charge in [0.15, 0.2) is 0 Å². The Balaban J connectivity index is 1.71. The number of benzene rings is 2. The average Bonchev–Trinajstić information content (AvgIpc) is 3.29. The fraction of sp³-hybridized carbons (Fsp3) is 0.500. The molecule has 0 aliphatic heterocycles. The summed E-state index contributed by atoms with van der Waals surface area (Å²) in [5.41, 5.74) is 15.6. The van der Waals surface area contributed by atoms with Gasteiger partial charge in [-0.3, -0.25) is 9.79 Å². The largest absolute Gasteiger partial charge is 0.433 e. The summed E-state index contributed by atoms with van der Waals surface area (Å²) < 4.78 is 32.9. The van der Waals surface area contributed by atoms with Crippen molar-refractivity contribution in [3.8, 4) is 5.75 Å². The van der Waals surface area contributed by atoms with Gasteiger partial charge in [0.1, 0.15) is 11.8 Å². The fourth-order valence-corrected chi connectivity index (χ4v) is 4.94. The van der Waals surface area contributed by atoms with Crippen LogP contribution in [-0.4, -0.2) is 54.8 Å². The zero-order valence-electron chi connectivity index (χ0n) is 24.5. The van der Waals surface area contributed by atoms with Gasteiger partial charge in [-0.2, -0.15) is 8.78 Å². The number of alkyl halides is 2. The molecular formula is C32H45F2N5O2. The first-order valence-electron chi connectivity index (χ1n) is 14.5. The minimum absolute atomic E-state index is 0.0917. The van der Waals surface area contributed by atoms with Gasteiger partial charge in [0.05, 0.1) is 6.42 Å². The van der Waals surface area contributed by atoms with Gasteiger partial charge in [-0.25, -0.2) is 0 Å². The number of nitrogens with one attached hydrogen (secondary N) is 1. The lowest BCUT2D eigenvalue weighted by atomic mass is 10.0. The van der Waals surface area contributed by atoms with Crippen molar-refractivity contribution in [3.05, 3.63) is 77.5 Å². The number of nitrogens with two attached hydrogens (primary N) is 2. The second-order valence-corrected chi connectivity index (χ2v) is 11.1. The maximum atomic E-state index is 14.0. The van der Waals surface area contributed by atoms with Crippen molar-refractivity contribution in [1.82, 2.24) is 10.2 Å². The molecule has 2 atom stereocenters. The molecule has 41 heavy (non-hydrogen) atoms. The molecule has 0 heterocycles. The number of rotatable bonds is 16. The second kappa shape index (κ2) is 15.6. The first-order chi connectivity index (χ1) is 19.6. The number of ether oxygens (including phenoxy) is 1. The molecule has 0 bridgehead atoms. The lowest BCUT2D eigenvalue weighted by Crippen LogP contribution is -2.34. The van der Waals surface area contributed by atoms with Gasteiger partial charge >= 0.3 is 6.11 Å². The number of aryl methyl sites for hydroxylation is 1. The molecule has 7 nitrogen and oxygen atoms in total. The van der Waals surface area contributed by atoms with Crippen LogP contribution in [0.4, 0.5) is 8.78 Å². The van der Waals surface area contributed by atoms with Gasteiger partial charge < -0.3 is 26.4 Å². The Morgan fingerprint density at radius 1 is 1.07 bits per heavy atom. The maximum Gasteiger partial charge on any atom is 0.398 e. The molecule has 0 saturated carbocycles. The minimum Gasteiger partial charge on any atom is -0.433 e. The Morgan fingerprint density at radius 3 is 2.34 bits per heavy atom. The van der Waals surface area contributed by atoms with Crippen molar-refractivity contribution in [2.45, 2.75) is 65.1 Å². The third kappa shape index (κ3) is 10.6. The summed E-state index contributed by atoms with van der Waals surface area (Å²) in [6.07, 6.45) is 0.590. The number of nitrogens with zero attached hydrogens (tertiary/aromatic N) is 2. The predicted molar refractivity (Wildman–Crippen MR) is 161 cm³/mol. The van der Waals surface area contributed by atoms with E-state index >= 15 is 0 Å². The number of hydrogen-bond donors (Lipinski definition) is 3. The van der Waals surface area contributed by atoms with Gasteiger partial charge in [-0.1, -0.05) is 63.2 Å². The summed E-state index contributed by atoms with van der Waals surface area (Å²) in [6, 6.07) is 15.8. The lowest BCUT2D eigenvalue weighted by Gasteiger charge is -2.24. The Hall–Kier alpha value is -3.30. The zero-order valence-corrected chi connectivity index (χ0v) is 24.5. The van der Waals surface area contributed by atoms with Gasteiger partial charge in [-0.05, 0) is 54.5 Å². The van der Waals surface area contributed by atoms with Crippen LogP contribution >= 0.6 is 0 Å². The van der Waals surface area contributed by atoms with Crippen molar-refractivity contribution >= 4 is 11.6 Å². The molecular weight excluding hydrogens is 524 g/mol. The molecule has 0 fully saturated rings. The van der Waals surface area contributed by atoms with E-state index in [1.54, 1.807) is 26.0 Å². The molecule has 0 spiro atoms. The highest BCUT2D eigenvalue weighted by Crippen LogP contribution is 2.28. The number of hydrogen-bond acceptors (Lipinski definition) is 6. The van der Waals surface area contributed by atoms with Crippen LogP contribution in [-0.2, 0) is 17.8 Å². The van der Waals surface area contributed by atoms with Crippen molar-refractivity contribution in [3.63, 3.8) is 0 Å². The topological polar surface area (TPSA) is 106 Å². The summed E-state index contributed by atoms with van der Waals surface area (Å²) in [6.45, 7) is 8.34. The van der Waals surface area contributed by atoms with Crippen LogP contribution in [0.2, 0.25) is 0 Å². The van der Waals surface area contributed by atoms with E-state index in [-0.39, 0.29) is 36.5 Å². The van der Waals surface area contributed by atoms with Crippen LogP contribution in [0.25, 0.3) is 0 Å². The highest BCUT2D eigenvalue weighted by atomic mass is 19.3. The Morgan fingerprint density at radius 2 is 1.73 bits per heavy atom. The first-order valence-corrected chi connectivity index (χ1v) is 14.5. The Labute approximate surface area is 243 Å². The summed E-state index contributed by atoms with van der Waals surface area (Å²) in [4.78, 5) is 20.6. The normalized spacial score (nSPS) is 17.0. The van der Waals surface area contributed by atoms with Crippen molar-refractivity contribution in [1.29, 1.82) is 0 Å². The summed E-state index contributed by atoms with van der Waals surface area (Å²) in [5, 5.41) is 2.99. The van der Waals surface area contributed by atoms with Crippen molar-refractivity contribution in [2.24, 2.45) is 28.3 Å². The zero-order chi connectivity index (χ0) is 29.8. The lowest BCUT2D eigenvalue weighted by molar-refractivity contribution is -0.186. The SMILES string of the molecule is CC(C)CC(F)(F)Oc1ccc(CNC(=O)C(CCc2ccccc2)N=C2C=C(N(CCN)CCN)CC2C)cc1. The highest BCUT2D eigenvalue weighted by Gasteiger charge is 2.32. The summed E-state index contributed by atoms with van der Waals surface area (Å²) in [5.74, 6) is -0.0968. The fourth-order valence-electron chi connectivity index (χ4n) is 4.94. The molecule has 2 aromatic carbocycles. The average molecular weight is 570 g/mol. The Kier molecular flexibility index (Phi) is 12.3. The molecule has 1 amide bonds. The molecule has 3 rings (SSSR count). The molecule has 2 unspecified atom stereocenters. The van der Waals surface area contributed by atoms with Gasteiger partial charge in [0.2, 0.25) is 5.91 Å². The molecule has 224 valence electrons. The first kappa shape index (κ1) is 32.2. The highest BCUT2D eigenvalue weighted by molar-refractivity contribution is 6.01. The van der Waals surface area contributed by atoms with E-state index in [1.807, 2.05) is 30.3 Å². The van der Waals surface area contributed by atoms with Crippen LogP contribution in [0, 0.1) is 11.8 Å². The number of halogens is 2. The number of carbonyl (C=O) groups is 1. The summed E-state index contributed by atoms with van der Waals surface area (Å²) in [7, 11) is 0. The van der Waals surface area contributed by atoms with E-state index in [0.717, 1.165) is 42.0 Å². The van der Waals surface area contributed by atoms with Crippen LogP contribution in [0.5, 0.6) is 5.75 Å². The van der Waals surface area contributed by atoms with E-state index in [1.165, 1.54) is 12.1 Å². The molecule has 2 aromatic rings. The van der Waals surface area contributed by atoms with Crippen molar-refractivity contribution in [2.75, 3.05) is 26.2 Å². The van der Waals surface area contributed by atoms with Gasteiger partial charge in [0.25, 0.3) is 0 Å². The van der Waals surface area contributed by atoms with Crippen LogP contribution in [0.1, 0.15) is 51.2 Å². The monoisotopic (exact) mass is 569 g/mol. The molecule has 1 aliphatic carbocycles. The van der Waals surface area contributed by atoms with E-state index in [2.05, 4.69) is 23.2 Å². The molecule has 0 aromatic heterocycles. The van der Waals surface area contributed by atoms with Crippen LogP contribution < -0.4 is 21.5 Å². The molecule has 5 N–H and O–H groups in total. The second-order valence-electron chi connectivity index (χ2n) is 11.1. The van der Waals surface area contributed by atoms with Crippen LogP contribution in [0.15, 0.2) is 71.4 Å². The number of amides is 1. The Bertz CT molecular complexity index is 1150. The van der Waals surface area contributed by atoms with E-state index in [0.29, 0.717) is 25.9 Å². The quantitative estimate of drug-likeness (QED) is 0.267. The van der Waals surface area contributed by atoms with Crippen LogP contribution in [0.3, 0.4) is 0 Å². The standard InChI is InChI=1S/C32H45F2N5O2/c1-23(2)21-32(33,34)41-28-12-9-26(10-13-28)22-37-31(40)29(14-11-25-7-5-4-6-8-25)38-30-20-27(19-24(30)3)39(17-15-35)18-16-36/h4-10,12-13,20,23-24,29H,11,14-19,21-22,35-36H2,1-3H3,(H,37,40). The van der Waals surface area contributed by atoms with Gasteiger partial charge in [-0.15, -0.1) is 0 Å². The number of allylic oxidation sites excluding steroid dienone is 2.